The zero-order chi connectivity index (χ0) is 12.4. The number of amides is 1. The molecule has 2 heterocycles. The van der Waals surface area contributed by atoms with Gasteiger partial charge in [0.2, 0.25) is 5.91 Å². The molecule has 2 rings (SSSR count). The monoisotopic (exact) mass is 235 g/mol. The molecule has 0 aromatic carbocycles. The Morgan fingerprint density at radius 2 is 2.35 bits per heavy atom. The molecule has 0 radical (unpaired) electrons. The molecule has 0 bridgehead atoms. The van der Waals surface area contributed by atoms with E-state index in [-0.39, 0.29) is 12.0 Å². The maximum atomic E-state index is 10.9. The molecule has 0 aliphatic carbocycles. The zero-order valence-electron chi connectivity index (χ0n) is 9.84. The van der Waals surface area contributed by atoms with Crippen LogP contribution in [0.25, 0.3) is 0 Å². The number of rotatable bonds is 2. The van der Waals surface area contributed by atoms with Gasteiger partial charge in [-0.25, -0.2) is 4.98 Å². The van der Waals surface area contributed by atoms with Crippen LogP contribution in [0.1, 0.15) is 23.7 Å². The van der Waals surface area contributed by atoms with Crippen LogP contribution < -0.4 is 10.6 Å². The van der Waals surface area contributed by atoms with Crippen LogP contribution in [-0.2, 0) is 0 Å². The van der Waals surface area contributed by atoms with E-state index >= 15 is 0 Å². The molecule has 1 aromatic rings. The topological polar surface area (TPSA) is 79.5 Å². The first-order valence-electron chi connectivity index (χ1n) is 5.77. The fourth-order valence-corrected chi connectivity index (χ4v) is 2.06. The molecule has 2 atom stereocenters. The van der Waals surface area contributed by atoms with Gasteiger partial charge in [0.15, 0.2) is 0 Å². The van der Waals surface area contributed by atoms with Crippen molar-refractivity contribution < 1.29 is 9.90 Å². The maximum Gasteiger partial charge on any atom is 0.250 e. The van der Waals surface area contributed by atoms with Gasteiger partial charge in [0.05, 0.1) is 11.7 Å². The fraction of sp³-hybridized carbons (Fsp3) is 0.500. The zero-order valence-corrected chi connectivity index (χ0v) is 9.84. The van der Waals surface area contributed by atoms with Gasteiger partial charge in [-0.05, 0) is 24.5 Å². The van der Waals surface area contributed by atoms with Crippen LogP contribution in [0.5, 0.6) is 0 Å². The van der Waals surface area contributed by atoms with E-state index in [1.165, 1.54) is 6.20 Å². The van der Waals surface area contributed by atoms with Gasteiger partial charge in [-0.1, -0.05) is 6.92 Å². The molecule has 17 heavy (non-hydrogen) atoms. The summed E-state index contributed by atoms with van der Waals surface area (Å²) in [5, 5.41) is 9.65. The molecule has 5 heteroatoms. The summed E-state index contributed by atoms with van der Waals surface area (Å²) in [5.41, 5.74) is 5.57. The van der Waals surface area contributed by atoms with Crippen molar-refractivity contribution >= 4 is 11.7 Å². The fourth-order valence-electron chi connectivity index (χ4n) is 2.06. The molecular formula is C12H17N3O2. The molecule has 0 spiro atoms. The third-order valence-corrected chi connectivity index (χ3v) is 3.22. The van der Waals surface area contributed by atoms with Gasteiger partial charge in [-0.15, -0.1) is 0 Å². The number of nitrogens with two attached hydrogens (primary N) is 1. The van der Waals surface area contributed by atoms with E-state index in [4.69, 9.17) is 5.73 Å². The van der Waals surface area contributed by atoms with E-state index in [0.29, 0.717) is 5.56 Å². The number of aliphatic hydroxyl groups excluding tert-OH is 1. The molecule has 92 valence electrons. The number of piperidine rings is 1. The number of hydrogen-bond acceptors (Lipinski definition) is 4. The first kappa shape index (κ1) is 11.9. The van der Waals surface area contributed by atoms with E-state index < -0.39 is 5.91 Å². The molecule has 5 nitrogen and oxygen atoms in total. The van der Waals surface area contributed by atoms with E-state index in [1.807, 2.05) is 6.92 Å². The molecular weight excluding hydrogens is 218 g/mol. The Bertz CT molecular complexity index is 405. The summed E-state index contributed by atoms with van der Waals surface area (Å²) in [7, 11) is 0. The van der Waals surface area contributed by atoms with E-state index in [1.54, 1.807) is 12.1 Å². The van der Waals surface area contributed by atoms with Gasteiger partial charge in [0.1, 0.15) is 5.82 Å². The van der Waals surface area contributed by atoms with Gasteiger partial charge < -0.3 is 15.7 Å². The Morgan fingerprint density at radius 1 is 1.59 bits per heavy atom. The lowest BCUT2D eigenvalue weighted by atomic mass is 9.97. The Labute approximate surface area is 100 Å². The number of aromatic nitrogens is 1. The van der Waals surface area contributed by atoms with Crippen LogP contribution in [0.2, 0.25) is 0 Å². The highest BCUT2D eigenvalue weighted by molar-refractivity contribution is 5.92. The quantitative estimate of drug-likeness (QED) is 0.777. The van der Waals surface area contributed by atoms with Crippen molar-refractivity contribution in [3.8, 4) is 0 Å². The Kier molecular flexibility index (Phi) is 3.28. The molecule has 1 saturated heterocycles. The summed E-state index contributed by atoms with van der Waals surface area (Å²) in [6.07, 6.45) is 2.02. The third-order valence-electron chi connectivity index (χ3n) is 3.22. The van der Waals surface area contributed by atoms with E-state index in [9.17, 15) is 9.90 Å². The number of pyridine rings is 1. The van der Waals surface area contributed by atoms with Gasteiger partial charge in [-0.3, -0.25) is 4.79 Å². The summed E-state index contributed by atoms with van der Waals surface area (Å²) < 4.78 is 0. The van der Waals surface area contributed by atoms with Crippen LogP contribution in [0.3, 0.4) is 0 Å². The largest absolute Gasteiger partial charge is 0.393 e. The lowest BCUT2D eigenvalue weighted by Crippen LogP contribution is -2.42. The normalized spacial score (nSPS) is 24.7. The molecule has 1 amide bonds. The minimum Gasteiger partial charge on any atom is -0.393 e. The summed E-state index contributed by atoms with van der Waals surface area (Å²) >= 11 is 0. The van der Waals surface area contributed by atoms with Gasteiger partial charge in [0.25, 0.3) is 0 Å². The molecule has 3 N–H and O–H groups in total. The second-order valence-electron chi connectivity index (χ2n) is 4.55. The Morgan fingerprint density at radius 3 is 2.88 bits per heavy atom. The van der Waals surface area contributed by atoms with Crippen molar-refractivity contribution in [2.24, 2.45) is 11.7 Å². The number of anilines is 1. The first-order chi connectivity index (χ1) is 8.08. The summed E-state index contributed by atoms with van der Waals surface area (Å²) in [4.78, 5) is 17.3. The number of primary amides is 1. The SMILES string of the molecule is CC1CN(c2ccc(C(N)=O)cn2)CCC1O. The lowest BCUT2D eigenvalue weighted by Gasteiger charge is -2.35. The van der Waals surface area contributed by atoms with Gasteiger partial charge in [0, 0.05) is 19.3 Å². The molecule has 2 unspecified atom stereocenters. The van der Waals surface area contributed by atoms with Crippen molar-refractivity contribution in [3.63, 3.8) is 0 Å². The molecule has 1 aliphatic rings. The van der Waals surface area contributed by atoms with Crippen LogP contribution in [0, 0.1) is 5.92 Å². The Hall–Kier alpha value is -1.62. The number of carbonyl (C=O) groups is 1. The average molecular weight is 235 g/mol. The molecule has 1 aromatic heterocycles. The predicted molar refractivity (Wildman–Crippen MR) is 64.8 cm³/mol. The van der Waals surface area contributed by atoms with Crippen LogP contribution in [-0.4, -0.2) is 35.2 Å². The molecule has 1 fully saturated rings. The molecule has 0 saturated carbocycles. The predicted octanol–water partition coefficient (Wildman–Crippen LogP) is 0.388. The average Bonchev–Trinajstić information content (AvgIpc) is 2.33. The van der Waals surface area contributed by atoms with Gasteiger partial charge >= 0.3 is 0 Å². The van der Waals surface area contributed by atoms with Crippen molar-refractivity contribution in [3.05, 3.63) is 23.9 Å². The van der Waals surface area contributed by atoms with E-state index in [0.717, 1.165) is 25.3 Å². The highest BCUT2D eigenvalue weighted by atomic mass is 16.3. The van der Waals surface area contributed by atoms with Crippen LogP contribution in [0.4, 0.5) is 5.82 Å². The van der Waals surface area contributed by atoms with E-state index in [2.05, 4.69) is 9.88 Å². The number of nitrogens with zero attached hydrogens (tertiary/aromatic N) is 2. The second-order valence-corrected chi connectivity index (χ2v) is 4.55. The minimum atomic E-state index is -0.466. The summed E-state index contributed by atoms with van der Waals surface area (Å²) in [6, 6.07) is 3.48. The second kappa shape index (κ2) is 4.71. The number of aliphatic hydroxyl groups is 1. The van der Waals surface area contributed by atoms with Crippen molar-refractivity contribution in [1.82, 2.24) is 4.98 Å². The highest BCUT2D eigenvalue weighted by Gasteiger charge is 2.24. The van der Waals surface area contributed by atoms with Crippen LogP contribution >= 0.6 is 0 Å². The summed E-state index contributed by atoms with van der Waals surface area (Å²) in [6.45, 7) is 3.59. The van der Waals surface area contributed by atoms with Crippen molar-refractivity contribution in [1.29, 1.82) is 0 Å². The summed E-state index contributed by atoms with van der Waals surface area (Å²) in [5.74, 6) is 0.599. The number of hydrogen-bond donors (Lipinski definition) is 2. The highest BCUT2D eigenvalue weighted by Crippen LogP contribution is 2.21. The standard InChI is InChI=1S/C12H17N3O2/c1-8-7-15(5-4-10(8)16)11-3-2-9(6-14-11)12(13)17/h2-3,6,8,10,16H,4-5,7H2,1H3,(H2,13,17). The number of carbonyl (C=O) groups excluding carboxylic acids is 1. The molecule has 1 aliphatic heterocycles. The Balaban J connectivity index is 2.10. The van der Waals surface area contributed by atoms with Crippen LogP contribution in [0.15, 0.2) is 18.3 Å². The first-order valence-corrected chi connectivity index (χ1v) is 5.77. The van der Waals surface area contributed by atoms with Crippen molar-refractivity contribution in [2.75, 3.05) is 18.0 Å². The lowest BCUT2D eigenvalue weighted by molar-refractivity contribution is 0.0969. The minimum absolute atomic E-state index is 0.226. The maximum absolute atomic E-state index is 10.9. The smallest absolute Gasteiger partial charge is 0.250 e. The van der Waals surface area contributed by atoms with Crippen molar-refractivity contribution in [2.45, 2.75) is 19.4 Å². The third kappa shape index (κ3) is 2.55. The van der Waals surface area contributed by atoms with Gasteiger partial charge in [-0.2, -0.15) is 0 Å².